The van der Waals surface area contributed by atoms with Crippen molar-refractivity contribution in [3.8, 4) is 11.8 Å². The molecule has 3 atom stereocenters. The van der Waals surface area contributed by atoms with Crippen LogP contribution in [0.1, 0.15) is 56.1 Å². The molecule has 0 aromatic heterocycles. The van der Waals surface area contributed by atoms with Gasteiger partial charge in [-0.25, -0.2) is 4.79 Å². The van der Waals surface area contributed by atoms with E-state index in [4.69, 9.17) is 9.47 Å². The maximum Gasteiger partial charge on any atom is 0.409 e. The molecule has 0 bridgehead atoms. The number of ether oxygens (including phenoxy) is 3. The Bertz CT molecular complexity index is 916. The lowest BCUT2D eigenvalue weighted by atomic mass is 9.72. The summed E-state index contributed by atoms with van der Waals surface area (Å²) in [4.78, 5) is 38.1. The lowest BCUT2D eigenvalue weighted by Gasteiger charge is -2.42. The highest BCUT2D eigenvalue weighted by molar-refractivity contribution is 5.73. The van der Waals surface area contributed by atoms with Gasteiger partial charge in [0.25, 0.3) is 0 Å². The van der Waals surface area contributed by atoms with Crippen LogP contribution in [-0.2, 0) is 23.8 Å². The van der Waals surface area contributed by atoms with Crippen molar-refractivity contribution >= 4 is 18.0 Å². The molecule has 7 nitrogen and oxygen atoms in total. The number of aryl methyl sites for hydroxylation is 1. The number of hydrogen-bond acceptors (Lipinski definition) is 6. The fourth-order valence-electron chi connectivity index (χ4n) is 4.80. The number of methoxy groups -OCH3 is 2. The molecule has 3 rings (SSSR count). The first-order valence-electron chi connectivity index (χ1n) is 11.1. The third-order valence-corrected chi connectivity index (χ3v) is 6.32. The zero-order valence-corrected chi connectivity index (χ0v) is 19.0. The quantitative estimate of drug-likeness (QED) is 0.394. The highest BCUT2D eigenvalue weighted by Crippen LogP contribution is 2.45. The van der Waals surface area contributed by atoms with Gasteiger partial charge in [-0.05, 0) is 62.6 Å². The molecule has 0 N–H and O–H groups in total. The topological polar surface area (TPSA) is 82.1 Å². The number of rotatable bonds is 5. The predicted octanol–water partition coefficient (Wildman–Crippen LogP) is 3.61. The number of likely N-dealkylation sites (tertiary alicyclic amines) is 1. The van der Waals surface area contributed by atoms with Gasteiger partial charge in [-0.2, -0.15) is 0 Å². The summed E-state index contributed by atoms with van der Waals surface area (Å²) in [6.45, 7) is 2.56. The molecule has 1 aromatic carbocycles. The number of benzene rings is 1. The average Bonchev–Trinajstić information content (AvgIpc) is 3.23. The van der Waals surface area contributed by atoms with Gasteiger partial charge in [-0.3, -0.25) is 9.59 Å². The third kappa shape index (κ3) is 5.42. The standard InChI is InChI=1S/C25H31NO6/c1-18-7-4-8-19(17-18)12-15-25(32-23(28)11-5-10-22(27)30-2)14-6-9-21-20(25)13-16-26(21)24(29)31-3/h4,7-8,17,20-21H,5-6,9-11,13-14,16H2,1-3H3. The highest BCUT2D eigenvalue weighted by Gasteiger charge is 2.53. The van der Waals surface area contributed by atoms with Gasteiger partial charge in [0.2, 0.25) is 0 Å². The first kappa shape index (κ1) is 23.6. The van der Waals surface area contributed by atoms with Gasteiger partial charge in [0.05, 0.1) is 14.2 Å². The summed E-state index contributed by atoms with van der Waals surface area (Å²) in [5.41, 5.74) is 0.985. The summed E-state index contributed by atoms with van der Waals surface area (Å²) < 4.78 is 15.7. The van der Waals surface area contributed by atoms with Crippen molar-refractivity contribution in [1.82, 2.24) is 4.90 Å². The second-order valence-electron chi connectivity index (χ2n) is 8.43. The van der Waals surface area contributed by atoms with E-state index in [0.29, 0.717) is 25.8 Å². The van der Waals surface area contributed by atoms with E-state index in [1.807, 2.05) is 31.2 Å². The zero-order chi connectivity index (χ0) is 23.1. The number of hydrogen-bond donors (Lipinski definition) is 0. The van der Waals surface area contributed by atoms with Crippen molar-refractivity contribution in [2.45, 2.75) is 63.5 Å². The Labute approximate surface area is 189 Å². The molecule has 1 aromatic rings. The Morgan fingerprint density at radius 2 is 1.91 bits per heavy atom. The Balaban J connectivity index is 1.85. The van der Waals surface area contributed by atoms with Crippen molar-refractivity contribution in [2.75, 3.05) is 20.8 Å². The Morgan fingerprint density at radius 3 is 2.62 bits per heavy atom. The average molecular weight is 442 g/mol. The second kappa shape index (κ2) is 10.5. The molecule has 1 aliphatic heterocycles. The van der Waals surface area contributed by atoms with Gasteiger partial charge >= 0.3 is 18.0 Å². The largest absolute Gasteiger partial charge is 0.469 e. The molecule has 1 saturated carbocycles. The van der Waals surface area contributed by atoms with Crippen LogP contribution in [-0.4, -0.2) is 55.3 Å². The molecule has 3 unspecified atom stereocenters. The molecular formula is C25H31NO6. The van der Waals surface area contributed by atoms with Crippen LogP contribution < -0.4 is 0 Å². The van der Waals surface area contributed by atoms with Crippen molar-refractivity contribution in [3.05, 3.63) is 35.4 Å². The first-order valence-corrected chi connectivity index (χ1v) is 11.1. The van der Waals surface area contributed by atoms with E-state index in [0.717, 1.165) is 24.0 Å². The maximum absolute atomic E-state index is 12.8. The molecule has 1 aliphatic carbocycles. The van der Waals surface area contributed by atoms with E-state index in [1.54, 1.807) is 4.90 Å². The van der Waals surface area contributed by atoms with Crippen molar-refractivity contribution < 1.29 is 28.6 Å². The molecule has 1 heterocycles. The van der Waals surface area contributed by atoms with Gasteiger partial charge in [0.15, 0.2) is 5.60 Å². The van der Waals surface area contributed by atoms with Gasteiger partial charge in [-0.15, -0.1) is 0 Å². The summed E-state index contributed by atoms with van der Waals surface area (Å²) in [7, 11) is 2.70. The normalized spacial score (nSPS) is 24.0. The molecule has 1 saturated heterocycles. The Kier molecular flexibility index (Phi) is 7.79. The van der Waals surface area contributed by atoms with Gasteiger partial charge < -0.3 is 19.1 Å². The molecule has 7 heteroatoms. The smallest absolute Gasteiger partial charge is 0.409 e. The van der Waals surface area contributed by atoms with Crippen LogP contribution in [0.15, 0.2) is 24.3 Å². The van der Waals surface area contributed by atoms with Crippen molar-refractivity contribution in [1.29, 1.82) is 0 Å². The third-order valence-electron chi connectivity index (χ3n) is 6.32. The molecule has 2 aliphatic rings. The molecule has 32 heavy (non-hydrogen) atoms. The zero-order valence-electron chi connectivity index (χ0n) is 19.0. The summed E-state index contributed by atoms with van der Waals surface area (Å²) in [6.07, 6.45) is 3.19. The second-order valence-corrected chi connectivity index (χ2v) is 8.43. The first-order chi connectivity index (χ1) is 15.4. The Hall–Kier alpha value is -3.01. The van der Waals surface area contributed by atoms with E-state index in [2.05, 4.69) is 16.6 Å². The predicted molar refractivity (Wildman–Crippen MR) is 118 cm³/mol. The van der Waals surface area contributed by atoms with E-state index in [9.17, 15) is 14.4 Å². The summed E-state index contributed by atoms with van der Waals surface area (Å²) in [5, 5.41) is 0. The maximum atomic E-state index is 12.8. The van der Waals surface area contributed by atoms with Crippen LogP contribution >= 0.6 is 0 Å². The lowest BCUT2D eigenvalue weighted by molar-refractivity contribution is -0.163. The van der Waals surface area contributed by atoms with E-state index in [-0.39, 0.29) is 42.8 Å². The molecule has 0 radical (unpaired) electrons. The van der Waals surface area contributed by atoms with Gasteiger partial charge in [0, 0.05) is 36.9 Å². The van der Waals surface area contributed by atoms with E-state index < -0.39 is 5.60 Å². The Morgan fingerprint density at radius 1 is 1.12 bits per heavy atom. The SMILES string of the molecule is COC(=O)CCCC(=O)OC1(C#Cc2cccc(C)c2)CCCC2C1CCN2C(=O)OC. The van der Waals surface area contributed by atoms with E-state index >= 15 is 0 Å². The number of amides is 1. The summed E-state index contributed by atoms with van der Waals surface area (Å²) >= 11 is 0. The van der Waals surface area contributed by atoms with Crippen LogP contribution in [0.5, 0.6) is 0 Å². The minimum Gasteiger partial charge on any atom is -0.469 e. The number of esters is 2. The molecule has 0 spiro atoms. The fraction of sp³-hybridized carbons (Fsp3) is 0.560. The van der Waals surface area contributed by atoms with Crippen molar-refractivity contribution in [2.24, 2.45) is 5.92 Å². The number of carbonyl (C=O) groups is 3. The fourth-order valence-corrected chi connectivity index (χ4v) is 4.80. The monoisotopic (exact) mass is 441 g/mol. The van der Waals surface area contributed by atoms with E-state index in [1.165, 1.54) is 14.2 Å². The van der Waals surface area contributed by atoms with Crippen LogP contribution in [0.3, 0.4) is 0 Å². The van der Waals surface area contributed by atoms with Crippen LogP contribution in [0.4, 0.5) is 4.79 Å². The van der Waals surface area contributed by atoms with Crippen LogP contribution in [0.25, 0.3) is 0 Å². The van der Waals surface area contributed by atoms with Crippen LogP contribution in [0, 0.1) is 24.7 Å². The van der Waals surface area contributed by atoms with Crippen molar-refractivity contribution in [3.63, 3.8) is 0 Å². The number of carbonyl (C=O) groups excluding carboxylic acids is 3. The molecule has 1 amide bonds. The molecular weight excluding hydrogens is 410 g/mol. The number of fused-ring (bicyclic) bond motifs is 1. The summed E-state index contributed by atoms with van der Waals surface area (Å²) in [5.74, 6) is 5.70. The lowest BCUT2D eigenvalue weighted by Crippen LogP contribution is -2.51. The van der Waals surface area contributed by atoms with Gasteiger partial charge in [-0.1, -0.05) is 18.1 Å². The minimum absolute atomic E-state index is 0.0779. The van der Waals surface area contributed by atoms with Crippen LogP contribution in [0.2, 0.25) is 0 Å². The summed E-state index contributed by atoms with van der Waals surface area (Å²) in [6, 6.07) is 7.80. The van der Waals surface area contributed by atoms with Gasteiger partial charge in [0.1, 0.15) is 0 Å². The highest BCUT2D eigenvalue weighted by atomic mass is 16.6. The molecule has 2 fully saturated rings. The molecule has 172 valence electrons. The minimum atomic E-state index is -0.974. The number of nitrogens with zero attached hydrogens (tertiary/aromatic N) is 1.